The van der Waals surface area contributed by atoms with Crippen LogP contribution in [0.15, 0.2) is 18.3 Å². The molecular weight excluding hydrogens is 256 g/mol. The van der Waals surface area contributed by atoms with Crippen LogP contribution in [0, 0.1) is 5.41 Å². The van der Waals surface area contributed by atoms with Gasteiger partial charge in [0.1, 0.15) is 5.69 Å². The molecule has 5 heteroatoms. The quantitative estimate of drug-likeness (QED) is 0.869. The molecule has 110 valence electrons. The third-order valence-electron chi connectivity index (χ3n) is 4.48. The number of carbonyl (C=O) groups is 2. The van der Waals surface area contributed by atoms with Crippen LogP contribution in [-0.2, 0) is 4.79 Å². The highest BCUT2D eigenvalue weighted by Crippen LogP contribution is 2.36. The Kier molecular flexibility index (Phi) is 3.40. The molecule has 0 radical (unpaired) electrons. The first-order chi connectivity index (χ1) is 9.17. The van der Waals surface area contributed by atoms with Gasteiger partial charge in [0.15, 0.2) is 0 Å². The van der Waals surface area contributed by atoms with Crippen molar-refractivity contribution in [2.24, 2.45) is 5.41 Å². The van der Waals surface area contributed by atoms with Gasteiger partial charge in [-0.3, -0.25) is 9.59 Å². The van der Waals surface area contributed by atoms with Crippen LogP contribution in [0.5, 0.6) is 0 Å². The van der Waals surface area contributed by atoms with E-state index >= 15 is 0 Å². The number of nitrogens with zero attached hydrogens (tertiary/aromatic N) is 1. The lowest BCUT2D eigenvalue weighted by Crippen LogP contribution is -2.57. The fourth-order valence-electron chi connectivity index (χ4n) is 2.03. The molecule has 1 aliphatic rings. The highest BCUT2D eigenvalue weighted by molar-refractivity contribution is 5.94. The number of amides is 1. The number of carboxylic acids is 1. The topological polar surface area (TPSA) is 71.3 Å². The second-order valence-electron chi connectivity index (χ2n) is 6.54. The molecule has 1 aromatic rings. The first-order valence-electron chi connectivity index (χ1n) is 6.89. The molecule has 1 aliphatic carbocycles. The first-order valence-corrected chi connectivity index (χ1v) is 6.89. The van der Waals surface area contributed by atoms with Crippen LogP contribution in [0.2, 0.25) is 0 Å². The molecule has 0 atom stereocenters. The summed E-state index contributed by atoms with van der Waals surface area (Å²) in [5.41, 5.74) is -1.31. The van der Waals surface area contributed by atoms with Crippen LogP contribution >= 0.6 is 0 Å². The van der Waals surface area contributed by atoms with Crippen molar-refractivity contribution in [2.45, 2.75) is 52.1 Å². The summed E-state index contributed by atoms with van der Waals surface area (Å²) in [5, 5.41) is 12.2. The van der Waals surface area contributed by atoms with Gasteiger partial charge in [0.2, 0.25) is 0 Å². The Morgan fingerprint density at radius 3 is 2.40 bits per heavy atom. The van der Waals surface area contributed by atoms with Gasteiger partial charge >= 0.3 is 5.97 Å². The van der Waals surface area contributed by atoms with E-state index in [4.69, 9.17) is 0 Å². The predicted octanol–water partition coefficient (Wildman–Crippen LogP) is 2.44. The molecule has 0 unspecified atom stereocenters. The van der Waals surface area contributed by atoms with Crippen LogP contribution in [-0.4, -0.2) is 27.1 Å². The van der Waals surface area contributed by atoms with Crippen molar-refractivity contribution in [3.63, 3.8) is 0 Å². The van der Waals surface area contributed by atoms with Gasteiger partial charge in [-0.15, -0.1) is 0 Å². The molecule has 1 heterocycles. The Morgan fingerprint density at radius 2 is 1.90 bits per heavy atom. The van der Waals surface area contributed by atoms with E-state index in [2.05, 4.69) is 5.32 Å². The summed E-state index contributed by atoms with van der Waals surface area (Å²) in [7, 11) is 0. The molecule has 20 heavy (non-hydrogen) atoms. The maximum atomic E-state index is 12.4. The Labute approximate surface area is 119 Å². The SMILES string of the molecule is CC(C)(NC(=O)c1cccn1C1CC1)C(C)(C)C(=O)O. The minimum absolute atomic E-state index is 0.221. The second kappa shape index (κ2) is 4.65. The molecule has 1 saturated carbocycles. The minimum Gasteiger partial charge on any atom is -0.481 e. The van der Waals surface area contributed by atoms with Crippen molar-refractivity contribution in [3.8, 4) is 0 Å². The molecule has 2 rings (SSSR count). The minimum atomic E-state index is -1.06. The molecule has 1 fully saturated rings. The van der Waals surface area contributed by atoms with Crippen molar-refractivity contribution in [1.82, 2.24) is 9.88 Å². The molecule has 0 aromatic carbocycles. The number of nitrogens with one attached hydrogen (secondary N) is 1. The van der Waals surface area contributed by atoms with E-state index in [0.29, 0.717) is 11.7 Å². The molecule has 1 aromatic heterocycles. The maximum absolute atomic E-state index is 12.4. The van der Waals surface area contributed by atoms with Gasteiger partial charge in [-0.1, -0.05) is 0 Å². The standard InChI is InChI=1S/C15H22N2O3/c1-14(2,13(19)20)15(3,4)16-12(18)11-6-5-9-17(11)10-7-8-10/h5-6,9-10H,7-8H2,1-4H3,(H,16,18)(H,19,20). The lowest BCUT2D eigenvalue weighted by atomic mass is 9.74. The Bertz CT molecular complexity index is 539. The zero-order valence-corrected chi connectivity index (χ0v) is 12.4. The highest BCUT2D eigenvalue weighted by Gasteiger charge is 2.44. The van der Waals surface area contributed by atoms with Gasteiger partial charge in [-0.2, -0.15) is 0 Å². The molecule has 1 amide bonds. The van der Waals surface area contributed by atoms with E-state index in [-0.39, 0.29) is 5.91 Å². The van der Waals surface area contributed by atoms with Crippen molar-refractivity contribution in [1.29, 1.82) is 0 Å². The zero-order chi connectivity index (χ0) is 15.1. The van der Waals surface area contributed by atoms with E-state index in [0.717, 1.165) is 12.8 Å². The van der Waals surface area contributed by atoms with Gasteiger partial charge in [0.25, 0.3) is 5.91 Å². The Balaban J connectivity index is 2.18. The summed E-state index contributed by atoms with van der Waals surface area (Å²) >= 11 is 0. The number of rotatable bonds is 5. The van der Waals surface area contributed by atoms with Crippen molar-refractivity contribution in [3.05, 3.63) is 24.0 Å². The van der Waals surface area contributed by atoms with E-state index < -0.39 is 16.9 Å². The summed E-state index contributed by atoms with van der Waals surface area (Å²) in [6.45, 7) is 6.72. The predicted molar refractivity (Wildman–Crippen MR) is 75.7 cm³/mol. The van der Waals surface area contributed by atoms with Crippen molar-refractivity contribution < 1.29 is 14.7 Å². The van der Waals surface area contributed by atoms with Crippen molar-refractivity contribution >= 4 is 11.9 Å². The van der Waals surface area contributed by atoms with Crippen molar-refractivity contribution in [2.75, 3.05) is 0 Å². The number of aliphatic carboxylic acids is 1. The van der Waals surface area contributed by atoms with Crippen LogP contribution in [0.25, 0.3) is 0 Å². The van der Waals surface area contributed by atoms with Crippen LogP contribution in [0.4, 0.5) is 0 Å². The third-order valence-corrected chi connectivity index (χ3v) is 4.48. The average Bonchev–Trinajstić information content (AvgIpc) is 3.05. The third kappa shape index (κ3) is 2.44. The molecule has 0 bridgehead atoms. The number of carboxylic acid groups (broad SMARTS) is 1. The molecule has 5 nitrogen and oxygen atoms in total. The summed E-state index contributed by atoms with van der Waals surface area (Å²) in [6.07, 6.45) is 4.10. The van der Waals surface area contributed by atoms with Gasteiger partial charge < -0.3 is 15.0 Å². The fraction of sp³-hybridized carbons (Fsp3) is 0.600. The largest absolute Gasteiger partial charge is 0.481 e. The Morgan fingerprint density at radius 1 is 1.30 bits per heavy atom. The lowest BCUT2D eigenvalue weighted by molar-refractivity contribution is -0.150. The number of hydrogen-bond donors (Lipinski definition) is 2. The van der Waals surface area contributed by atoms with E-state index in [1.54, 1.807) is 33.8 Å². The van der Waals surface area contributed by atoms with E-state index in [9.17, 15) is 14.7 Å². The zero-order valence-electron chi connectivity index (χ0n) is 12.4. The molecule has 0 saturated heterocycles. The summed E-state index contributed by atoms with van der Waals surface area (Å²) in [6, 6.07) is 4.04. The lowest BCUT2D eigenvalue weighted by Gasteiger charge is -2.38. The number of carbonyl (C=O) groups excluding carboxylic acids is 1. The number of hydrogen-bond acceptors (Lipinski definition) is 2. The van der Waals surface area contributed by atoms with Gasteiger partial charge in [0.05, 0.1) is 11.0 Å². The normalized spacial score (nSPS) is 16.0. The van der Waals surface area contributed by atoms with Gasteiger partial charge in [-0.25, -0.2) is 0 Å². The first kappa shape index (κ1) is 14.6. The van der Waals surface area contributed by atoms with Crippen LogP contribution < -0.4 is 5.32 Å². The molecular formula is C15H22N2O3. The van der Waals surface area contributed by atoms with E-state index in [1.165, 1.54) is 0 Å². The maximum Gasteiger partial charge on any atom is 0.311 e. The van der Waals surface area contributed by atoms with Crippen LogP contribution in [0.1, 0.15) is 57.1 Å². The molecule has 0 spiro atoms. The van der Waals surface area contributed by atoms with Crippen LogP contribution in [0.3, 0.4) is 0 Å². The Hall–Kier alpha value is -1.78. The second-order valence-corrected chi connectivity index (χ2v) is 6.54. The number of aromatic nitrogens is 1. The summed E-state index contributed by atoms with van der Waals surface area (Å²) in [4.78, 5) is 23.8. The summed E-state index contributed by atoms with van der Waals surface area (Å²) in [5.74, 6) is -1.15. The monoisotopic (exact) mass is 278 g/mol. The van der Waals surface area contributed by atoms with Gasteiger partial charge in [0, 0.05) is 12.2 Å². The smallest absolute Gasteiger partial charge is 0.311 e. The highest BCUT2D eigenvalue weighted by atomic mass is 16.4. The van der Waals surface area contributed by atoms with Gasteiger partial charge in [-0.05, 0) is 52.7 Å². The molecule has 0 aliphatic heterocycles. The summed E-state index contributed by atoms with van der Waals surface area (Å²) < 4.78 is 1.97. The fourth-order valence-corrected chi connectivity index (χ4v) is 2.03. The molecule has 2 N–H and O–H groups in total. The van der Waals surface area contributed by atoms with E-state index in [1.807, 2.05) is 16.8 Å². The average molecular weight is 278 g/mol.